The van der Waals surface area contributed by atoms with Crippen LogP contribution in [-0.4, -0.2) is 46.5 Å². The molecule has 8 nitrogen and oxygen atoms in total. The van der Waals surface area contributed by atoms with Gasteiger partial charge in [0.15, 0.2) is 0 Å². The lowest BCUT2D eigenvalue weighted by Crippen LogP contribution is -2.18. The van der Waals surface area contributed by atoms with Gasteiger partial charge in [-0.3, -0.25) is 9.78 Å². The third kappa shape index (κ3) is 5.21. The summed E-state index contributed by atoms with van der Waals surface area (Å²) in [6.45, 7) is 2.72. The van der Waals surface area contributed by atoms with Crippen LogP contribution in [0.15, 0.2) is 55.1 Å². The number of para-hydroxylation sites is 1. The zero-order chi connectivity index (χ0) is 23.4. The largest absolute Gasteiger partial charge is 0.480 e. The van der Waals surface area contributed by atoms with Crippen molar-refractivity contribution in [1.29, 1.82) is 0 Å². The maximum absolute atomic E-state index is 12.2. The van der Waals surface area contributed by atoms with Gasteiger partial charge in [0, 0.05) is 48.9 Å². The molecule has 0 saturated carbocycles. The summed E-state index contributed by atoms with van der Waals surface area (Å²) < 4.78 is 5.11. The number of hydrogen-bond donors (Lipinski definition) is 2. The predicted molar refractivity (Wildman–Crippen MR) is 139 cm³/mol. The van der Waals surface area contributed by atoms with E-state index in [-0.39, 0.29) is 25.3 Å². The first-order valence-corrected chi connectivity index (χ1v) is 10.7. The molecule has 0 aliphatic rings. The molecule has 0 radical (unpaired) electrons. The summed E-state index contributed by atoms with van der Waals surface area (Å²) in [5.41, 5.74) is 3.93. The normalized spacial score (nSPS) is 11.4. The molecule has 10 heteroatoms. The second-order valence-corrected chi connectivity index (χ2v) is 7.87. The number of nitrogens with zero attached hydrogens (tertiary/aromatic N) is 4. The fourth-order valence-electron chi connectivity index (χ4n) is 3.62. The number of anilines is 1. The lowest BCUT2D eigenvalue weighted by molar-refractivity contribution is 0.0964. The summed E-state index contributed by atoms with van der Waals surface area (Å²) in [6, 6.07) is 11.2. The lowest BCUT2D eigenvalue weighted by atomic mass is 9.96. The van der Waals surface area contributed by atoms with E-state index in [0.717, 1.165) is 22.0 Å². The second-order valence-electron chi connectivity index (χ2n) is 7.47. The minimum Gasteiger partial charge on any atom is -0.480 e. The molecule has 0 fully saturated rings. The quantitative estimate of drug-likeness (QED) is 0.390. The number of hydrogen-bond acceptors (Lipinski definition) is 7. The van der Waals surface area contributed by atoms with E-state index < -0.39 is 0 Å². The van der Waals surface area contributed by atoms with Crippen LogP contribution in [0.25, 0.3) is 22.2 Å². The topological polar surface area (TPSA) is 102 Å². The van der Waals surface area contributed by atoms with Crippen LogP contribution in [0, 0.1) is 0 Å². The zero-order valence-electron chi connectivity index (χ0n) is 19.0. The lowest BCUT2D eigenvalue weighted by Gasteiger charge is -2.16. The van der Waals surface area contributed by atoms with Crippen LogP contribution < -0.4 is 15.4 Å². The van der Waals surface area contributed by atoms with Crippen LogP contribution in [0.1, 0.15) is 28.8 Å². The van der Waals surface area contributed by atoms with Crippen molar-refractivity contribution in [3.8, 4) is 17.1 Å². The fourth-order valence-corrected chi connectivity index (χ4v) is 3.87. The Morgan fingerprint density at radius 3 is 2.71 bits per heavy atom. The molecule has 0 bridgehead atoms. The van der Waals surface area contributed by atoms with Crippen molar-refractivity contribution in [3.63, 3.8) is 0 Å². The van der Waals surface area contributed by atoms with Gasteiger partial charge in [-0.1, -0.05) is 36.7 Å². The highest BCUT2D eigenvalue weighted by atomic mass is 35.5. The van der Waals surface area contributed by atoms with Gasteiger partial charge in [0.25, 0.3) is 5.91 Å². The van der Waals surface area contributed by atoms with Gasteiger partial charge < -0.3 is 15.4 Å². The van der Waals surface area contributed by atoms with E-state index in [2.05, 4.69) is 37.5 Å². The SMILES string of the molecule is CNC(=O)c1ccnc2c([C@H](C)CNc3cc(-c4cnc(OC)c(Cl)c4)ncn3)cccc12.S. The monoisotopic (exact) mass is 496 g/mol. The molecule has 1 amide bonds. The molecule has 3 heterocycles. The van der Waals surface area contributed by atoms with Crippen LogP contribution in [0.5, 0.6) is 5.88 Å². The third-order valence-corrected chi connectivity index (χ3v) is 5.63. The Labute approximate surface area is 209 Å². The summed E-state index contributed by atoms with van der Waals surface area (Å²) in [6.07, 6.45) is 4.82. The van der Waals surface area contributed by atoms with Crippen LogP contribution >= 0.6 is 25.1 Å². The molecule has 3 aromatic heterocycles. The minimum absolute atomic E-state index is 0. The van der Waals surface area contributed by atoms with Crippen LogP contribution in [-0.2, 0) is 0 Å². The van der Waals surface area contributed by atoms with Crippen molar-refractivity contribution in [3.05, 3.63) is 71.3 Å². The number of aromatic nitrogens is 4. The number of ether oxygens (including phenoxy) is 1. The van der Waals surface area contributed by atoms with E-state index in [0.29, 0.717) is 34.5 Å². The van der Waals surface area contributed by atoms with Crippen molar-refractivity contribution in [1.82, 2.24) is 25.3 Å². The molecular weight excluding hydrogens is 472 g/mol. The van der Waals surface area contributed by atoms with Crippen molar-refractivity contribution < 1.29 is 9.53 Å². The number of pyridine rings is 2. The van der Waals surface area contributed by atoms with E-state index in [4.69, 9.17) is 16.3 Å². The van der Waals surface area contributed by atoms with Crippen molar-refractivity contribution >= 4 is 47.7 Å². The van der Waals surface area contributed by atoms with Gasteiger partial charge in [-0.25, -0.2) is 15.0 Å². The van der Waals surface area contributed by atoms with Crippen molar-refractivity contribution in [2.24, 2.45) is 0 Å². The number of methoxy groups -OCH3 is 1. The molecular formula is C24H25ClN6O2S. The second kappa shape index (κ2) is 11.1. The smallest absolute Gasteiger partial charge is 0.251 e. The van der Waals surface area contributed by atoms with E-state index in [9.17, 15) is 4.79 Å². The number of fused-ring (bicyclic) bond motifs is 1. The first kappa shape index (κ1) is 25.2. The summed E-state index contributed by atoms with van der Waals surface area (Å²) in [5, 5.41) is 7.29. The number of carbonyl (C=O) groups excluding carboxylic acids is 1. The Kier molecular flexibility index (Phi) is 8.25. The first-order valence-electron chi connectivity index (χ1n) is 10.4. The summed E-state index contributed by atoms with van der Waals surface area (Å²) in [5.74, 6) is 1.02. The van der Waals surface area contributed by atoms with E-state index in [1.54, 1.807) is 31.6 Å². The van der Waals surface area contributed by atoms with Crippen LogP contribution in [0.4, 0.5) is 5.82 Å². The number of halogens is 1. The van der Waals surface area contributed by atoms with Gasteiger partial charge in [0.2, 0.25) is 5.88 Å². The van der Waals surface area contributed by atoms with E-state index in [1.165, 1.54) is 13.4 Å². The highest BCUT2D eigenvalue weighted by Crippen LogP contribution is 2.29. The third-order valence-electron chi connectivity index (χ3n) is 5.36. The average Bonchev–Trinajstić information content (AvgIpc) is 2.86. The van der Waals surface area contributed by atoms with Gasteiger partial charge in [0.05, 0.1) is 23.9 Å². The molecule has 1 aromatic carbocycles. The van der Waals surface area contributed by atoms with Crippen LogP contribution in [0.3, 0.4) is 0 Å². The highest BCUT2D eigenvalue weighted by molar-refractivity contribution is 7.59. The zero-order valence-corrected chi connectivity index (χ0v) is 20.7. The first-order chi connectivity index (χ1) is 16.0. The minimum atomic E-state index is -0.132. The molecule has 0 aliphatic heterocycles. The standard InChI is InChI=1S/C24H23ClN6O2.H2S/c1-14(16-5-4-6-17-18(23(32)26-2)7-8-27-22(16)17)11-28-21-10-20(30-13-31-21)15-9-19(25)24(33-3)29-12-15;/h4-10,12-14H,11H2,1-3H3,(H,26,32)(H,28,30,31);1H2/t14-;/m1./s1. The number of carbonyl (C=O) groups is 1. The Morgan fingerprint density at radius 2 is 1.97 bits per heavy atom. The van der Waals surface area contributed by atoms with Crippen LogP contribution in [0.2, 0.25) is 5.02 Å². The Hall–Kier alpha value is -3.43. The van der Waals surface area contributed by atoms with Gasteiger partial charge >= 0.3 is 0 Å². The van der Waals surface area contributed by atoms with E-state index in [1.807, 2.05) is 24.3 Å². The van der Waals surface area contributed by atoms with Crippen molar-refractivity contribution in [2.45, 2.75) is 12.8 Å². The van der Waals surface area contributed by atoms with Gasteiger partial charge in [-0.15, -0.1) is 0 Å². The van der Waals surface area contributed by atoms with Gasteiger partial charge in [-0.2, -0.15) is 13.5 Å². The molecule has 1 atom stereocenters. The molecule has 0 spiro atoms. The average molecular weight is 497 g/mol. The maximum Gasteiger partial charge on any atom is 0.251 e. The summed E-state index contributed by atoms with van der Waals surface area (Å²) in [4.78, 5) is 29.6. The number of nitrogens with one attached hydrogen (secondary N) is 2. The molecule has 4 rings (SSSR count). The van der Waals surface area contributed by atoms with Gasteiger partial charge in [0.1, 0.15) is 17.2 Å². The predicted octanol–water partition coefficient (Wildman–Crippen LogP) is 4.44. The molecule has 0 unspecified atom stereocenters. The molecule has 2 N–H and O–H groups in total. The molecule has 0 aliphatic carbocycles. The molecule has 4 aromatic rings. The van der Waals surface area contributed by atoms with E-state index >= 15 is 0 Å². The highest BCUT2D eigenvalue weighted by Gasteiger charge is 2.15. The number of benzene rings is 1. The molecule has 0 saturated heterocycles. The van der Waals surface area contributed by atoms with Crippen molar-refractivity contribution in [2.75, 3.05) is 26.0 Å². The summed E-state index contributed by atoms with van der Waals surface area (Å²) in [7, 11) is 3.14. The number of amides is 1. The molecule has 34 heavy (non-hydrogen) atoms. The van der Waals surface area contributed by atoms with Gasteiger partial charge in [-0.05, 0) is 17.7 Å². The summed E-state index contributed by atoms with van der Waals surface area (Å²) >= 11 is 6.20. The Bertz CT molecular complexity index is 1320. The number of rotatable bonds is 7. The Morgan fingerprint density at radius 1 is 1.15 bits per heavy atom. The maximum atomic E-state index is 12.2. The Balaban J connectivity index is 0.00000324. The fraction of sp³-hybridized carbons (Fsp3) is 0.208. The molecule has 176 valence electrons.